The Hall–Kier alpha value is -3.68. The van der Waals surface area contributed by atoms with Crippen molar-refractivity contribution in [2.24, 2.45) is 5.73 Å². The Labute approximate surface area is 177 Å². The van der Waals surface area contributed by atoms with E-state index in [0.717, 1.165) is 38.8 Å². The van der Waals surface area contributed by atoms with E-state index in [-0.39, 0.29) is 19.0 Å². The Morgan fingerprint density at radius 3 is 2.58 bits per heavy atom. The Morgan fingerprint density at radius 2 is 1.97 bits per heavy atom. The maximum Gasteiger partial charge on any atom is 0.254 e. The highest BCUT2D eigenvalue weighted by molar-refractivity contribution is 6.20. The number of nitrogens with two attached hydrogens (primary N) is 1. The number of benzene rings is 2. The molecule has 1 fully saturated rings. The van der Waals surface area contributed by atoms with E-state index in [9.17, 15) is 14.0 Å². The Balaban J connectivity index is 1.76. The molecular weight excluding hydrogens is 399 g/mol. The minimum Gasteiger partial charge on any atom is -0.366 e. The third-order valence-electron chi connectivity index (χ3n) is 6.07. The second kappa shape index (κ2) is 6.66. The SMILES string of the molecule is Cc1noc(C)c1-c1cc(C(N)=O)c2c([nH]c3ccc(C(=O)N4CC(F)C4)cc32)c1C. The molecule has 0 saturated carbocycles. The van der Waals surface area contributed by atoms with Crippen LogP contribution in [0.1, 0.15) is 37.7 Å². The van der Waals surface area contributed by atoms with E-state index in [1.807, 2.05) is 20.8 Å². The lowest BCUT2D eigenvalue weighted by Gasteiger charge is -2.34. The highest BCUT2D eigenvalue weighted by atomic mass is 19.1. The van der Waals surface area contributed by atoms with E-state index in [1.54, 1.807) is 24.3 Å². The van der Waals surface area contributed by atoms with Gasteiger partial charge in [-0.2, -0.15) is 0 Å². The number of nitrogens with one attached hydrogen (secondary N) is 1. The summed E-state index contributed by atoms with van der Waals surface area (Å²) in [5, 5.41) is 5.41. The number of aromatic nitrogens is 2. The molecule has 0 radical (unpaired) electrons. The van der Waals surface area contributed by atoms with Gasteiger partial charge in [-0.3, -0.25) is 9.59 Å². The van der Waals surface area contributed by atoms with Crippen LogP contribution < -0.4 is 5.73 Å². The molecular formula is C23H21FN4O3. The Kier molecular flexibility index (Phi) is 4.15. The number of rotatable bonds is 3. The number of aromatic amines is 1. The highest BCUT2D eigenvalue weighted by Gasteiger charge is 2.31. The number of H-pyrrole nitrogens is 1. The summed E-state index contributed by atoms with van der Waals surface area (Å²) < 4.78 is 18.5. The molecule has 2 aromatic heterocycles. The van der Waals surface area contributed by atoms with Crippen LogP contribution in [0.15, 0.2) is 28.8 Å². The largest absolute Gasteiger partial charge is 0.366 e. The van der Waals surface area contributed by atoms with Crippen molar-refractivity contribution in [3.8, 4) is 11.1 Å². The number of halogens is 1. The van der Waals surface area contributed by atoms with Gasteiger partial charge in [-0.15, -0.1) is 0 Å². The fraction of sp³-hybridized carbons (Fsp3) is 0.261. The van der Waals surface area contributed by atoms with Gasteiger partial charge in [0.2, 0.25) is 5.91 Å². The van der Waals surface area contributed by atoms with Gasteiger partial charge in [-0.1, -0.05) is 5.16 Å². The number of carbonyl (C=O) groups excluding carboxylic acids is 2. The number of nitrogens with zero attached hydrogens (tertiary/aromatic N) is 2. The summed E-state index contributed by atoms with van der Waals surface area (Å²) in [7, 11) is 0. The third kappa shape index (κ3) is 2.82. The fourth-order valence-corrected chi connectivity index (χ4v) is 4.44. The fourth-order valence-electron chi connectivity index (χ4n) is 4.44. The van der Waals surface area contributed by atoms with E-state index in [2.05, 4.69) is 10.1 Å². The first-order valence-corrected chi connectivity index (χ1v) is 10.0. The zero-order chi connectivity index (χ0) is 22.0. The lowest BCUT2D eigenvalue weighted by molar-refractivity contribution is 0.0400. The number of primary amides is 1. The minimum atomic E-state index is -0.965. The molecule has 2 amide bonds. The normalized spacial score (nSPS) is 14.4. The van der Waals surface area contributed by atoms with Gasteiger partial charge < -0.3 is 20.1 Å². The van der Waals surface area contributed by atoms with Crippen molar-refractivity contribution in [1.82, 2.24) is 15.0 Å². The zero-order valence-corrected chi connectivity index (χ0v) is 17.4. The van der Waals surface area contributed by atoms with Gasteiger partial charge in [0.25, 0.3) is 5.91 Å². The van der Waals surface area contributed by atoms with Crippen LogP contribution in [0.2, 0.25) is 0 Å². The number of likely N-dealkylation sites (tertiary alicyclic amines) is 1. The first-order chi connectivity index (χ1) is 14.8. The molecule has 0 spiro atoms. The van der Waals surface area contributed by atoms with Gasteiger partial charge >= 0.3 is 0 Å². The first kappa shape index (κ1) is 19.3. The van der Waals surface area contributed by atoms with Crippen molar-refractivity contribution >= 4 is 33.6 Å². The van der Waals surface area contributed by atoms with E-state index in [0.29, 0.717) is 22.3 Å². The van der Waals surface area contributed by atoms with Crippen LogP contribution in [0.3, 0.4) is 0 Å². The van der Waals surface area contributed by atoms with Crippen molar-refractivity contribution < 1.29 is 18.5 Å². The van der Waals surface area contributed by atoms with Crippen molar-refractivity contribution in [2.45, 2.75) is 26.9 Å². The minimum absolute atomic E-state index is 0.108. The van der Waals surface area contributed by atoms with Crippen LogP contribution in [0.4, 0.5) is 4.39 Å². The number of amides is 2. The molecule has 0 unspecified atom stereocenters. The van der Waals surface area contributed by atoms with Gasteiger partial charge in [-0.25, -0.2) is 4.39 Å². The molecule has 31 heavy (non-hydrogen) atoms. The second-order valence-corrected chi connectivity index (χ2v) is 8.10. The summed E-state index contributed by atoms with van der Waals surface area (Å²) >= 11 is 0. The van der Waals surface area contributed by atoms with Crippen molar-refractivity contribution in [1.29, 1.82) is 0 Å². The lowest BCUT2D eigenvalue weighted by atomic mass is 9.92. The number of carbonyl (C=O) groups is 2. The zero-order valence-electron chi connectivity index (χ0n) is 17.4. The number of alkyl halides is 1. The van der Waals surface area contributed by atoms with E-state index < -0.39 is 12.1 Å². The summed E-state index contributed by atoms with van der Waals surface area (Å²) in [4.78, 5) is 30.0. The number of fused-ring (bicyclic) bond motifs is 3. The van der Waals surface area contributed by atoms with Gasteiger partial charge in [0, 0.05) is 33.0 Å². The van der Waals surface area contributed by atoms with Crippen LogP contribution >= 0.6 is 0 Å². The molecule has 1 aliphatic rings. The average molecular weight is 420 g/mol. The molecule has 2 aromatic carbocycles. The molecule has 4 aromatic rings. The molecule has 0 atom stereocenters. The molecule has 158 valence electrons. The topological polar surface area (TPSA) is 105 Å². The second-order valence-electron chi connectivity index (χ2n) is 8.10. The summed E-state index contributed by atoms with van der Waals surface area (Å²) in [5.74, 6) is -0.145. The van der Waals surface area contributed by atoms with Crippen molar-refractivity contribution in [3.05, 3.63) is 52.4 Å². The molecule has 0 bridgehead atoms. The molecule has 3 N–H and O–H groups in total. The Bertz CT molecular complexity index is 1380. The van der Waals surface area contributed by atoms with Gasteiger partial charge in [0.1, 0.15) is 11.9 Å². The number of hydrogen-bond donors (Lipinski definition) is 2. The van der Waals surface area contributed by atoms with E-state index in [1.165, 1.54) is 4.90 Å². The van der Waals surface area contributed by atoms with Crippen LogP contribution in [0.5, 0.6) is 0 Å². The molecule has 8 heteroatoms. The number of aryl methyl sites for hydroxylation is 3. The molecule has 5 rings (SSSR count). The van der Waals surface area contributed by atoms with Crippen LogP contribution in [0, 0.1) is 20.8 Å². The summed E-state index contributed by atoms with van der Waals surface area (Å²) in [6.45, 7) is 5.84. The van der Waals surface area contributed by atoms with Gasteiger partial charge in [0.05, 0.1) is 24.3 Å². The first-order valence-electron chi connectivity index (χ1n) is 10.0. The molecule has 0 aliphatic carbocycles. The summed E-state index contributed by atoms with van der Waals surface area (Å²) in [5.41, 5.74) is 11.4. The van der Waals surface area contributed by atoms with E-state index >= 15 is 0 Å². The van der Waals surface area contributed by atoms with Crippen molar-refractivity contribution in [2.75, 3.05) is 13.1 Å². The summed E-state index contributed by atoms with van der Waals surface area (Å²) in [6, 6.07) is 7.01. The quantitative estimate of drug-likeness (QED) is 0.526. The predicted molar refractivity (Wildman–Crippen MR) is 115 cm³/mol. The van der Waals surface area contributed by atoms with Gasteiger partial charge in [-0.05, 0) is 56.2 Å². The van der Waals surface area contributed by atoms with Crippen LogP contribution in [-0.4, -0.2) is 46.1 Å². The average Bonchev–Trinajstić information content (AvgIpc) is 3.25. The van der Waals surface area contributed by atoms with Crippen LogP contribution in [0.25, 0.3) is 32.9 Å². The molecule has 1 aliphatic heterocycles. The molecule has 3 heterocycles. The monoisotopic (exact) mass is 420 g/mol. The van der Waals surface area contributed by atoms with E-state index in [4.69, 9.17) is 10.3 Å². The Morgan fingerprint density at radius 1 is 1.23 bits per heavy atom. The maximum absolute atomic E-state index is 13.2. The molecule has 7 nitrogen and oxygen atoms in total. The maximum atomic E-state index is 13.2. The van der Waals surface area contributed by atoms with Gasteiger partial charge in [0.15, 0.2) is 0 Å². The van der Waals surface area contributed by atoms with Crippen LogP contribution in [-0.2, 0) is 0 Å². The third-order valence-corrected chi connectivity index (χ3v) is 6.07. The lowest BCUT2D eigenvalue weighted by Crippen LogP contribution is -2.51. The van der Waals surface area contributed by atoms with Crippen molar-refractivity contribution in [3.63, 3.8) is 0 Å². The molecule has 1 saturated heterocycles. The summed E-state index contributed by atoms with van der Waals surface area (Å²) in [6.07, 6.45) is -0.965. The predicted octanol–water partition coefficient (Wildman–Crippen LogP) is 3.79. The smallest absolute Gasteiger partial charge is 0.254 e. The standard InChI is InChI=1S/C23H21FN4O3/c1-10-15(19-11(2)27-31-12(19)3)7-17(22(25)29)20-16-6-13(4-5-18(16)26-21(10)20)23(30)28-8-14(24)9-28/h4-7,14,26H,8-9H2,1-3H3,(H2,25,29). The number of hydrogen-bond acceptors (Lipinski definition) is 4. The highest BCUT2D eigenvalue weighted by Crippen LogP contribution is 2.39.